The van der Waals surface area contributed by atoms with Crippen LogP contribution in [0, 0.1) is 11.3 Å². The quantitative estimate of drug-likeness (QED) is 0.742. The average molecular weight is 336 g/mol. The Morgan fingerprint density at radius 1 is 1.27 bits per heavy atom. The fraction of sp³-hybridized carbons (Fsp3) is 0.357. The molecule has 2 aromatic rings. The van der Waals surface area contributed by atoms with Crippen molar-refractivity contribution in [3.05, 3.63) is 23.8 Å². The van der Waals surface area contributed by atoms with Gasteiger partial charge in [0.2, 0.25) is 5.13 Å². The third-order valence-corrected chi connectivity index (χ3v) is 4.69. The summed E-state index contributed by atoms with van der Waals surface area (Å²) in [6.45, 7) is 0.743. The van der Waals surface area contributed by atoms with Gasteiger partial charge in [-0.1, -0.05) is 29.2 Å². The van der Waals surface area contributed by atoms with E-state index in [1.165, 1.54) is 23.1 Å². The summed E-state index contributed by atoms with van der Waals surface area (Å²) in [5.74, 6) is 1.84. The van der Waals surface area contributed by atoms with Gasteiger partial charge in [0.15, 0.2) is 15.8 Å². The highest BCUT2D eigenvalue weighted by Crippen LogP contribution is 2.28. The molecule has 2 rings (SSSR count). The molecule has 0 saturated carbocycles. The van der Waals surface area contributed by atoms with Crippen molar-refractivity contribution in [3.8, 4) is 17.6 Å². The number of nitriles is 1. The molecule has 1 heterocycles. The van der Waals surface area contributed by atoms with Crippen molar-refractivity contribution in [2.75, 3.05) is 31.8 Å². The predicted octanol–water partition coefficient (Wildman–Crippen LogP) is 2.83. The van der Waals surface area contributed by atoms with E-state index < -0.39 is 0 Å². The molecule has 1 aromatic heterocycles. The van der Waals surface area contributed by atoms with Crippen LogP contribution in [-0.4, -0.2) is 36.7 Å². The minimum atomic E-state index is 0.389. The number of benzene rings is 1. The molecule has 0 saturated heterocycles. The molecule has 8 heteroatoms. The monoisotopic (exact) mass is 336 g/mol. The lowest BCUT2D eigenvalue weighted by molar-refractivity contribution is 0.354. The van der Waals surface area contributed by atoms with Gasteiger partial charge >= 0.3 is 0 Å². The van der Waals surface area contributed by atoms with Gasteiger partial charge in [-0.2, -0.15) is 5.26 Å². The van der Waals surface area contributed by atoms with Gasteiger partial charge in [-0.25, -0.2) is 0 Å². The number of hydrogen-bond donors (Lipinski definition) is 1. The molecule has 0 amide bonds. The second kappa shape index (κ2) is 8.46. The molecular formula is C14H16N4O2S2. The maximum Gasteiger partial charge on any atom is 0.206 e. The number of ether oxygens (including phenoxy) is 2. The van der Waals surface area contributed by atoms with E-state index in [9.17, 15) is 0 Å². The van der Waals surface area contributed by atoms with Crippen molar-refractivity contribution in [3.63, 3.8) is 0 Å². The molecular weight excluding hydrogens is 320 g/mol. The summed E-state index contributed by atoms with van der Waals surface area (Å²) >= 11 is 2.85. The Labute approximate surface area is 137 Å². The van der Waals surface area contributed by atoms with Gasteiger partial charge in [-0.15, -0.1) is 10.2 Å². The van der Waals surface area contributed by atoms with Crippen LogP contribution in [0.3, 0.4) is 0 Å². The molecule has 0 atom stereocenters. The Bertz CT molecular complexity index is 655. The first-order valence-electron chi connectivity index (χ1n) is 6.55. The van der Waals surface area contributed by atoms with E-state index in [-0.39, 0.29) is 0 Å². The molecule has 0 unspecified atom stereocenters. The Hall–Kier alpha value is -1.98. The Balaban J connectivity index is 1.86. The van der Waals surface area contributed by atoms with Gasteiger partial charge in [-0.3, -0.25) is 0 Å². The summed E-state index contributed by atoms with van der Waals surface area (Å²) in [7, 11) is 3.25. The van der Waals surface area contributed by atoms with E-state index in [0.29, 0.717) is 5.75 Å². The average Bonchev–Trinajstić information content (AvgIpc) is 3.00. The molecule has 1 aromatic carbocycles. The van der Waals surface area contributed by atoms with Gasteiger partial charge in [0.25, 0.3) is 0 Å². The summed E-state index contributed by atoms with van der Waals surface area (Å²) in [5.41, 5.74) is 1.15. The van der Waals surface area contributed by atoms with Gasteiger partial charge in [0.05, 0.1) is 26.0 Å². The van der Waals surface area contributed by atoms with Gasteiger partial charge in [0.1, 0.15) is 0 Å². The second-order valence-electron chi connectivity index (χ2n) is 4.19. The summed E-state index contributed by atoms with van der Waals surface area (Å²) in [6, 6.07) is 7.95. The van der Waals surface area contributed by atoms with Crippen LogP contribution in [-0.2, 0) is 6.42 Å². The van der Waals surface area contributed by atoms with Gasteiger partial charge in [-0.05, 0) is 24.1 Å². The number of nitrogens with zero attached hydrogens (tertiary/aromatic N) is 3. The smallest absolute Gasteiger partial charge is 0.206 e. The van der Waals surface area contributed by atoms with Crippen LogP contribution in [0.2, 0.25) is 0 Å². The van der Waals surface area contributed by atoms with Crippen LogP contribution in [0.4, 0.5) is 5.13 Å². The predicted molar refractivity (Wildman–Crippen MR) is 88.0 cm³/mol. The van der Waals surface area contributed by atoms with E-state index in [2.05, 4.69) is 21.6 Å². The second-order valence-corrected chi connectivity index (χ2v) is 6.39. The zero-order valence-corrected chi connectivity index (χ0v) is 14.0. The molecule has 1 N–H and O–H groups in total. The lowest BCUT2D eigenvalue weighted by atomic mass is 10.1. The standard InChI is InChI=1S/C14H16N4O2S2/c1-19-11-4-3-10(9-12(11)20-2)5-7-16-13-17-18-14(22-13)21-8-6-15/h3-4,9H,5,7-8H2,1-2H3,(H,16,17). The molecule has 0 aliphatic heterocycles. The maximum atomic E-state index is 8.53. The molecule has 0 spiro atoms. The van der Waals surface area contributed by atoms with Crippen LogP contribution in [0.25, 0.3) is 0 Å². The number of thioether (sulfide) groups is 1. The number of rotatable bonds is 8. The number of methoxy groups -OCH3 is 2. The van der Waals surface area contributed by atoms with E-state index >= 15 is 0 Å². The molecule has 0 radical (unpaired) electrons. The lowest BCUT2D eigenvalue weighted by Gasteiger charge is -2.09. The van der Waals surface area contributed by atoms with Crippen LogP contribution in [0.15, 0.2) is 22.5 Å². The summed E-state index contributed by atoms with van der Waals surface area (Å²) in [5, 5.41) is 20.6. The fourth-order valence-corrected chi connectivity index (χ4v) is 3.22. The molecule has 0 fully saturated rings. The van der Waals surface area contributed by atoms with Crippen LogP contribution in [0.5, 0.6) is 11.5 Å². The zero-order chi connectivity index (χ0) is 15.8. The van der Waals surface area contributed by atoms with Gasteiger partial charge < -0.3 is 14.8 Å². The van der Waals surface area contributed by atoms with Crippen molar-refractivity contribution < 1.29 is 9.47 Å². The summed E-state index contributed by atoms with van der Waals surface area (Å²) < 4.78 is 11.3. The Kier molecular flexibility index (Phi) is 6.30. The third-order valence-electron chi connectivity index (χ3n) is 2.80. The zero-order valence-electron chi connectivity index (χ0n) is 12.3. The molecule has 116 valence electrons. The van der Waals surface area contributed by atoms with Crippen molar-refractivity contribution in [2.45, 2.75) is 10.8 Å². The van der Waals surface area contributed by atoms with E-state index in [4.69, 9.17) is 14.7 Å². The number of hydrogen-bond acceptors (Lipinski definition) is 8. The topological polar surface area (TPSA) is 80.1 Å². The largest absolute Gasteiger partial charge is 0.493 e. The van der Waals surface area contributed by atoms with E-state index in [1.807, 2.05) is 18.2 Å². The molecule has 0 bridgehead atoms. The summed E-state index contributed by atoms with van der Waals surface area (Å²) in [4.78, 5) is 0. The first-order valence-corrected chi connectivity index (χ1v) is 8.35. The van der Waals surface area contributed by atoms with Crippen molar-refractivity contribution in [1.82, 2.24) is 10.2 Å². The highest BCUT2D eigenvalue weighted by Gasteiger charge is 2.06. The van der Waals surface area contributed by atoms with E-state index in [0.717, 1.165) is 39.5 Å². The number of anilines is 1. The Morgan fingerprint density at radius 2 is 2.09 bits per heavy atom. The minimum Gasteiger partial charge on any atom is -0.493 e. The fourth-order valence-electron chi connectivity index (χ4n) is 1.78. The lowest BCUT2D eigenvalue weighted by Crippen LogP contribution is -2.04. The first kappa shape index (κ1) is 16.4. The SMILES string of the molecule is COc1ccc(CCNc2nnc(SCC#N)s2)cc1OC. The molecule has 0 aliphatic rings. The van der Waals surface area contributed by atoms with Crippen LogP contribution >= 0.6 is 23.1 Å². The van der Waals surface area contributed by atoms with Crippen LogP contribution < -0.4 is 14.8 Å². The molecule has 22 heavy (non-hydrogen) atoms. The first-order chi connectivity index (χ1) is 10.8. The highest BCUT2D eigenvalue weighted by molar-refractivity contribution is 8.01. The third kappa shape index (κ3) is 4.51. The van der Waals surface area contributed by atoms with Gasteiger partial charge in [0, 0.05) is 6.54 Å². The van der Waals surface area contributed by atoms with Crippen molar-refractivity contribution >= 4 is 28.2 Å². The number of aromatic nitrogens is 2. The Morgan fingerprint density at radius 3 is 2.82 bits per heavy atom. The molecule has 0 aliphatic carbocycles. The van der Waals surface area contributed by atoms with Crippen LogP contribution in [0.1, 0.15) is 5.56 Å². The minimum absolute atomic E-state index is 0.389. The molecule has 6 nitrogen and oxygen atoms in total. The highest BCUT2D eigenvalue weighted by atomic mass is 32.2. The van der Waals surface area contributed by atoms with Crippen molar-refractivity contribution in [2.24, 2.45) is 0 Å². The number of nitrogens with one attached hydrogen (secondary N) is 1. The normalized spacial score (nSPS) is 10.0. The summed E-state index contributed by atoms with van der Waals surface area (Å²) in [6.07, 6.45) is 0.834. The maximum absolute atomic E-state index is 8.53. The van der Waals surface area contributed by atoms with Crippen molar-refractivity contribution in [1.29, 1.82) is 5.26 Å². The van der Waals surface area contributed by atoms with E-state index in [1.54, 1.807) is 14.2 Å².